The van der Waals surface area contributed by atoms with Crippen LogP contribution in [0, 0.1) is 11.6 Å². The van der Waals surface area contributed by atoms with Gasteiger partial charge in [-0.3, -0.25) is 0 Å². The van der Waals surface area contributed by atoms with Gasteiger partial charge in [-0.1, -0.05) is 0 Å². The first-order valence-corrected chi connectivity index (χ1v) is 3.76. The van der Waals surface area contributed by atoms with E-state index in [0.29, 0.717) is 6.07 Å². The molecule has 72 valence electrons. The maximum absolute atomic E-state index is 12.9. The van der Waals surface area contributed by atoms with E-state index in [1.54, 1.807) is 0 Å². The van der Waals surface area contributed by atoms with Crippen molar-refractivity contribution >= 4 is 5.69 Å². The maximum atomic E-state index is 12.9. The summed E-state index contributed by atoms with van der Waals surface area (Å²) in [5.74, 6) is -1.51. The maximum Gasteiger partial charge on any atom is 0.149 e. The topological polar surface area (TPSA) is 78.1 Å². The molecule has 6 N–H and O–H groups in total. The Balaban J connectivity index is 3.20. The number of anilines is 1. The summed E-state index contributed by atoms with van der Waals surface area (Å²) in [7, 11) is 0. The number of halogens is 2. The molecule has 0 amide bonds. The summed E-state index contributed by atoms with van der Waals surface area (Å²) in [4.78, 5) is 0. The molecule has 3 nitrogen and oxygen atoms in total. The lowest BCUT2D eigenvalue weighted by molar-refractivity contribution is 0.577. The molecule has 0 aromatic heterocycles. The van der Waals surface area contributed by atoms with Crippen LogP contribution >= 0.6 is 0 Å². The second-order valence-corrected chi connectivity index (χ2v) is 2.73. The van der Waals surface area contributed by atoms with Crippen molar-refractivity contribution < 1.29 is 8.78 Å². The summed E-state index contributed by atoms with van der Waals surface area (Å²) < 4.78 is 25.6. The average Bonchev–Trinajstić information content (AvgIpc) is 2.10. The summed E-state index contributed by atoms with van der Waals surface area (Å²) in [5, 5.41) is 0. The van der Waals surface area contributed by atoms with Crippen molar-refractivity contribution in [2.45, 2.75) is 6.04 Å². The summed E-state index contributed by atoms with van der Waals surface area (Å²) in [6.07, 6.45) is 0. The molecule has 1 rings (SSSR count). The minimum Gasteiger partial charge on any atom is -0.396 e. The van der Waals surface area contributed by atoms with Crippen LogP contribution in [0.15, 0.2) is 12.1 Å². The number of nitrogen functional groups attached to an aromatic ring is 1. The van der Waals surface area contributed by atoms with E-state index in [9.17, 15) is 8.78 Å². The van der Waals surface area contributed by atoms with Crippen LogP contribution in [0.1, 0.15) is 11.6 Å². The van der Waals surface area contributed by atoms with Crippen LogP contribution in [0.25, 0.3) is 0 Å². The number of nitrogens with two attached hydrogens (primary N) is 3. The van der Waals surface area contributed by atoms with E-state index >= 15 is 0 Å². The van der Waals surface area contributed by atoms with Crippen LogP contribution in [0.4, 0.5) is 14.5 Å². The molecule has 0 aliphatic rings. The smallest absolute Gasteiger partial charge is 0.149 e. The van der Waals surface area contributed by atoms with Crippen molar-refractivity contribution in [3.05, 3.63) is 29.3 Å². The Morgan fingerprint density at radius 2 is 1.92 bits per heavy atom. The van der Waals surface area contributed by atoms with E-state index in [-0.39, 0.29) is 17.8 Å². The number of rotatable bonds is 2. The lowest BCUT2D eigenvalue weighted by Gasteiger charge is -2.12. The van der Waals surface area contributed by atoms with Crippen LogP contribution in [-0.2, 0) is 0 Å². The highest BCUT2D eigenvalue weighted by atomic mass is 19.1. The van der Waals surface area contributed by atoms with Crippen LogP contribution in [0.2, 0.25) is 0 Å². The van der Waals surface area contributed by atoms with Gasteiger partial charge in [0.1, 0.15) is 11.6 Å². The zero-order chi connectivity index (χ0) is 10.0. The molecule has 0 radical (unpaired) electrons. The van der Waals surface area contributed by atoms with Gasteiger partial charge in [0.15, 0.2) is 0 Å². The molecule has 0 spiro atoms. The number of hydrogen-bond acceptors (Lipinski definition) is 3. The van der Waals surface area contributed by atoms with Gasteiger partial charge in [-0.15, -0.1) is 0 Å². The third kappa shape index (κ3) is 1.93. The molecule has 0 saturated heterocycles. The Morgan fingerprint density at radius 3 is 2.46 bits per heavy atom. The molecule has 0 aliphatic carbocycles. The van der Waals surface area contributed by atoms with E-state index in [0.717, 1.165) is 6.07 Å². The first kappa shape index (κ1) is 9.88. The Kier molecular flexibility index (Phi) is 2.79. The molecular formula is C8H11F2N3. The highest BCUT2D eigenvalue weighted by molar-refractivity contribution is 5.50. The summed E-state index contributed by atoms with van der Waals surface area (Å²) >= 11 is 0. The molecule has 0 aliphatic heterocycles. The van der Waals surface area contributed by atoms with E-state index < -0.39 is 17.7 Å². The molecule has 1 aromatic carbocycles. The molecular weight excluding hydrogens is 176 g/mol. The van der Waals surface area contributed by atoms with Crippen molar-refractivity contribution in [1.82, 2.24) is 0 Å². The van der Waals surface area contributed by atoms with Crippen LogP contribution in [0.5, 0.6) is 0 Å². The van der Waals surface area contributed by atoms with Gasteiger partial charge in [-0.2, -0.15) is 0 Å². The Bertz CT molecular complexity index is 315. The SMILES string of the molecule is NC[C@H](N)c1cc(F)cc(F)c1N. The predicted octanol–water partition coefficient (Wildman–Crippen LogP) is 0.506. The van der Waals surface area contributed by atoms with Gasteiger partial charge < -0.3 is 17.2 Å². The quantitative estimate of drug-likeness (QED) is 0.590. The van der Waals surface area contributed by atoms with Crippen LogP contribution in [0.3, 0.4) is 0 Å². The zero-order valence-corrected chi connectivity index (χ0v) is 6.93. The lowest BCUT2D eigenvalue weighted by Crippen LogP contribution is -2.22. The van der Waals surface area contributed by atoms with Crippen molar-refractivity contribution in [2.24, 2.45) is 11.5 Å². The van der Waals surface area contributed by atoms with Crippen molar-refractivity contribution in [3.8, 4) is 0 Å². The summed E-state index contributed by atoms with van der Waals surface area (Å²) in [5.41, 5.74) is 16.2. The Hall–Kier alpha value is -1.20. The second-order valence-electron chi connectivity index (χ2n) is 2.73. The number of hydrogen-bond donors (Lipinski definition) is 3. The van der Waals surface area contributed by atoms with E-state index in [2.05, 4.69) is 0 Å². The van der Waals surface area contributed by atoms with Gasteiger partial charge in [-0.25, -0.2) is 8.78 Å². The zero-order valence-electron chi connectivity index (χ0n) is 6.93. The first-order valence-electron chi connectivity index (χ1n) is 3.76. The van der Waals surface area contributed by atoms with Gasteiger partial charge in [0.2, 0.25) is 0 Å². The number of benzene rings is 1. The average molecular weight is 187 g/mol. The van der Waals surface area contributed by atoms with Gasteiger partial charge in [0.05, 0.1) is 5.69 Å². The van der Waals surface area contributed by atoms with E-state index in [1.165, 1.54) is 0 Å². The third-order valence-corrected chi connectivity index (χ3v) is 1.78. The van der Waals surface area contributed by atoms with Gasteiger partial charge in [0.25, 0.3) is 0 Å². The highest BCUT2D eigenvalue weighted by Crippen LogP contribution is 2.22. The molecule has 0 fully saturated rings. The molecule has 1 atom stereocenters. The molecule has 0 saturated carbocycles. The normalized spacial score (nSPS) is 12.9. The van der Waals surface area contributed by atoms with Crippen LogP contribution < -0.4 is 17.2 Å². The summed E-state index contributed by atoms with van der Waals surface area (Å²) in [6, 6.07) is 1.17. The minimum atomic E-state index is -0.807. The van der Waals surface area contributed by atoms with Crippen molar-refractivity contribution in [3.63, 3.8) is 0 Å². The minimum absolute atomic E-state index is 0.0904. The monoisotopic (exact) mass is 187 g/mol. The Labute approximate surface area is 74.5 Å². The highest BCUT2D eigenvalue weighted by Gasteiger charge is 2.13. The fourth-order valence-electron chi connectivity index (χ4n) is 1.04. The Morgan fingerprint density at radius 1 is 1.31 bits per heavy atom. The van der Waals surface area contributed by atoms with Crippen LogP contribution in [-0.4, -0.2) is 6.54 Å². The van der Waals surface area contributed by atoms with Gasteiger partial charge >= 0.3 is 0 Å². The molecule has 5 heteroatoms. The fourth-order valence-corrected chi connectivity index (χ4v) is 1.04. The lowest BCUT2D eigenvalue weighted by atomic mass is 10.1. The fraction of sp³-hybridized carbons (Fsp3) is 0.250. The van der Waals surface area contributed by atoms with Crippen molar-refractivity contribution in [1.29, 1.82) is 0 Å². The van der Waals surface area contributed by atoms with Gasteiger partial charge in [0, 0.05) is 18.7 Å². The molecule has 0 unspecified atom stereocenters. The molecule has 13 heavy (non-hydrogen) atoms. The molecule has 0 bridgehead atoms. The molecule has 1 aromatic rings. The van der Waals surface area contributed by atoms with E-state index in [4.69, 9.17) is 17.2 Å². The van der Waals surface area contributed by atoms with E-state index in [1.807, 2.05) is 0 Å². The van der Waals surface area contributed by atoms with Gasteiger partial charge in [-0.05, 0) is 11.6 Å². The standard InChI is InChI=1S/C8H11F2N3/c9-4-1-5(7(12)3-11)8(13)6(10)2-4/h1-2,7H,3,11-13H2/t7-/m0/s1. The predicted molar refractivity (Wildman–Crippen MR) is 46.8 cm³/mol. The van der Waals surface area contributed by atoms with Crippen molar-refractivity contribution in [2.75, 3.05) is 12.3 Å². The third-order valence-electron chi connectivity index (χ3n) is 1.78. The largest absolute Gasteiger partial charge is 0.396 e. The summed E-state index contributed by atoms with van der Waals surface area (Å²) in [6.45, 7) is 0.0904. The first-order chi connectivity index (χ1) is 6.06. The molecule has 0 heterocycles. The second kappa shape index (κ2) is 3.68.